The van der Waals surface area contributed by atoms with Gasteiger partial charge >= 0.3 is 0 Å². The Morgan fingerprint density at radius 3 is 2.67 bits per heavy atom. The molecule has 0 aliphatic carbocycles. The number of likely N-dealkylation sites (tertiary alicyclic amines) is 1. The molecule has 0 spiro atoms. The third-order valence-corrected chi connectivity index (χ3v) is 4.02. The van der Waals surface area contributed by atoms with E-state index in [4.69, 9.17) is 0 Å². The second-order valence-corrected chi connectivity index (χ2v) is 5.48. The van der Waals surface area contributed by atoms with Crippen molar-refractivity contribution >= 4 is 0 Å². The second kappa shape index (κ2) is 5.86. The topological polar surface area (TPSA) is 15.3 Å². The maximum Gasteiger partial charge on any atom is 0.0195 e. The second-order valence-electron chi connectivity index (χ2n) is 5.48. The first-order chi connectivity index (χ1) is 7.34. The van der Waals surface area contributed by atoms with E-state index in [1.807, 2.05) is 0 Å². The molecule has 2 heteroatoms. The molecular formula is C13H26N2. The van der Waals surface area contributed by atoms with Crippen molar-refractivity contribution in [3.05, 3.63) is 0 Å². The summed E-state index contributed by atoms with van der Waals surface area (Å²) in [6, 6.07) is 0.779. The molecule has 0 aromatic carbocycles. The molecule has 2 aliphatic rings. The highest BCUT2D eigenvalue weighted by molar-refractivity contribution is 4.77. The predicted molar refractivity (Wildman–Crippen MR) is 65.1 cm³/mol. The van der Waals surface area contributed by atoms with Gasteiger partial charge in [-0.3, -0.25) is 0 Å². The quantitative estimate of drug-likeness (QED) is 0.752. The van der Waals surface area contributed by atoms with Crippen LogP contribution in [0, 0.1) is 5.92 Å². The molecule has 1 unspecified atom stereocenters. The number of nitrogens with one attached hydrogen (secondary N) is 1. The Morgan fingerprint density at radius 2 is 1.87 bits per heavy atom. The van der Waals surface area contributed by atoms with Gasteiger partial charge in [0.05, 0.1) is 0 Å². The van der Waals surface area contributed by atoms with E-state index < -0.39 is 0 Å². The first kappa shape index (κ1) is 11.4. The molecular weight excluding hydrogens is 184 g/mol. The monoisotopic (exact) mass is 210 g/mol. The number of rotatable bonds is 2. The smallest absolute Gasteiger partial charge is 0.0195 e. The Hall–Kier alpha value is -0.0800. The van der Waals surface area contributed by atoms with Gasteiger partial charge in [0.25, 0.3) is 0 Å². The molecule has 2 aliphatic heterocycles. The summed E-state index contributed by atoms with van der Waals surface area (Å²) in [7, 11) is 0. The summed E-state index contributed by atoms with van der Waals surface area (Å²) in [5.41, 5.74) is 0. The minimum absolute atomic E-state index is 0.779. The van der Waals surface area contributed by atoms with Crippen LogP contribution in [-0.4, -0.2) is 37.1 Å². The van der Waals surface area contributed by atoms with Crippen molar-refractivity contribution in [2.45, 2.75) is 51.5 Å². The van der Waals surface area contributed by atoms with E-state index in [1.54, 1.807) is 0 Å². The van der Waals surface area contributed by atoms with Crippen molar-refractivity contribution < 1.29 is 0 Å². The summed E-state index contributed by atoms with van der Waals surface area (Å²) in [6.07, 6.45) is 8.46. The van der Waals surface area contributed by atoms with Gasteiger partial charge in [-0.15, -0.1) is 0 Å². The van der Waals surface area contributed by atoms with Crippen molar-refractivity contribution in [3.63, 3.8) is 0 Å². The average molecular weight is 210 g/mol. The van der Waals surface area contributed by atoms with Crippen molar-refractivity contribution in [1.82, 2.24) is 10.2 Å². The SMILES string of the molecule is CC1CCN(CC2CCCCCN2)CC1. The Morgan fingerprint density at radius 1 is 1.07 bits per heavy atom. The fourth-order valence-corrected chi connectivity index (χ4v) is 2.81. The van der Waals surface area contributed by atoms with E-state index in [-0.39, 0.29) is 0 Å². The van der Waals surface area contributed by atoms with Crippen LogP contribution in [0.5, 0.6) is 0 Å². The molecule has 0 saturated carbocycles. The standard InChI is InChI=1S/C13H26N2/c1-12-6-9-15(10-7-12)11-13-5-3-2-4-8-14-13/h12-14H,2-11H2,1H3. The zero-order valence-electron chi connectivity index (χ0n) is 10.2. The summed E-state index contributed by atoms with van der Waals surface area (Å²) < 4.78 is 0. The molecule has 0 aromatic heterocycles. The minimum Gasteiger partial charge on any atom is -0.313 e. The van der Waals surface area contributed by atoms with Crippen LogP contribution in [0.15, 0.2) is 0 Å². The maximum absolute atomic E-state index is 3.70. The molecule has 2 saturated heterocycles. The minimum atomic E-state index is 0.779. The molecule has 15 heavy (non-hydrogen) atoms. The molecule has 0 aromatic rings. The Bertz CT molecular complexity index is 165. The van der Waals surface area contributed by atoms with Gasteiger partial charge in [0, 0.05) is 12.6 Å². The lowest BCUT2D eigenvalue weighted by atomic mass is 9.98. The van der Waals surface area contributed by atoms with Crippen LogP contribution in [-0.2, 0) is 0 Å². The molecule has 1 N–H and O–H groups in total. The lowest BCUT2D eigenvalue weighted by Crippen LogP contribution is -2.43. The molecule has 2 nitrogen and oxygen atoms in total. The highest BCUT2D eigenvalue weighted by atomic mass is 15.2. The molecule has 0 radical (unpaired) electrons. The van der Waals surface area contributed by atoms with Gasteiger partial charge in [-0.05, 0) is 51.2 Å². The molecule has 2 heterocycles. The van der Waals surface area contributed by atoms with Gasteiger partial charge < -0.3 is 10.2 Å². The number of hydrogen-bond donors (Lipinski definition) is 1. The van der Waals surface area contributed by atoms with Gasteiger partial charge in [0.1, 0.15) is 0 Å². The first-order valence-electron chi connectivity index (χ1n) is 6.80. The van der Waals surface area contributed by atoms with Gasteiger partial charge in [-0.25, -0.2) is 0 Å². The number of piperidine rings is 1. The lowest BCUT2D eigenvalue weighted by Gasteiger charge is -2.33. The summed E-state index contributed by atoms with van der Waals surface area (Å²) in [5.74, 6) is 0.961. The van der Waals surface area contributed by atoms with Crippen molar-refractivity contribution in [2.24, 2.45) is 5.92 Å². The van der Waals surface area contributed by atoms with E-state index in [0.29, 0.717) is 0 Å². The van der Waals surface area contributed by atoms with E-state index >= 15 is 0 Å². The van der Waals surface area contributed by atoms with Crippen LogP contribution in [0.4, 0.5) is 0 Å². The van der Waals surface area contributed by atoms with Gasteiger partial charge in [-0.1, -0.05) is 19.8 Å². The highest BCUT2D eigenvalue weighted by Crippen LogP contribution is 2.17. The van der Waals surface area contributed by atoms with Crippen LogP contribution in [0.2, 0.25) is 0 Å². The molecule has 2 rings (SSSR count). The predicted octanol–water partition coefficient (Wildman–Crippen LogP) is 2.25. The zero-order valence-corrected chi connectivity index (χ0v) is 10.2. The fourth-order valence-electron chi connectivity index (χ4n) is 2.81. The van der Waals surface area contributed by atoms with Crippen molar-refractivity contribution in [1.29, 1.82) is 0 Å². The van der Waals surface area contributed by atoms with Crippen LogP contribution < -0.4 is 5.32 Å². The lowest BCUT2D eigenvalue weighted by molar-refractivity contribution is 0.173. The van der Waals surface area contributed by atoms with Gasteiger partial charge in [0.15, 0.2) is 0 Å². The van der Waals surface area contributed by atoms with E-state index in [0.717, 1.165) is 12.0 Å². The third kappa shape index (κ3) is 3.76. The Kier molecular flexibility index (Phi) is 4.45. The van der Waals surface area contributed by atoms with Crippen LogP contribution in [0.1, 0.15) is 45.4 Å². The van der Waals surface area contributed by atoms with E-state index in [9.17, 15) is 0 Å². The maximum atomic E-state index is 3.70. The molecule has 0 bridgehead atoms. The average Bonchev–Trinajstić information content (AvgIpc) is 2.50. The van der Waals surface area contributed by atoms with Gasteiger partial charge in [0.2, 0.25) is 0 Å². The van der Waals surface area contributed by atoms with Crippen LogP contribution in [0.25, 0.3) is 0 Å². The van der Waals surface area contributed by atoms with E-state index in [2.05, 4.69) is 17.1 Å². The highest BCUT2D eigenvalue weighted by Gasteiger charge is 2.19. The molecule has 1 atom stereocenters. The molecule has 0 amide bonds. The normalized spacial score (nSPS) is 31.4. The van der Waals surface area contributed by atoms with Crippen molar-refractivity contribution in [3.8, 4) is 0 Å². The molecule has 2 fully saturated rings. The summed E-state index contributed by atoms with van der Waals surface area (Å²) >= 11 is 0. The fraction of sp³-hybridized carbons (Fsp3) is 1.00. The number of hydrogen-bond acceptors (Lipinski definition) is 2. The van der Waals surface area contributed by atoms with Gasteiger partial charge in [-0.2, -0.15) is 0 Å². The van der Waals surface area contributed by atoms with Crippen LogP contribution in [0.3, 0.4) is 0 Å². The van der Waals surface area contributed by atoms with Crippen LogP contribution >= 0.6 is 0 Å². The largest absolute Gasteiger partial charge is 0.313 e. The third-order valence-electron chi connectivity index (χ3n) is 4.02. The zero-order chi connectivity index (χ0) is 10.5. The first-order valence-corrected chi connectivity index (χ1v) is 6.80. The number of nitrogens with zero attached hydrogens (tertiary/aromatic N) is 1. The summed E-state index contributed by atoms with van der Waals surface area (Å²) in [6.45, 7) is 7.60. The van der Waals surface area contributed by atoms with E-state index in [1.165, 1.54) is 64.7 Å². The van der Waals surface area contributed by atoms with Crippen molar-refractivity contribution in [2.75, 3.05) is 26.2 Å². The Labute approximate surface area is 94.4 Å². The Balaban J connectivity index is 1.70. The summed E-state index contributed by atoms with van der Waals surface area (Å²) in [5, 5.41) is 3.70. The molecule has 88 valence electrons. The summed E-state index contributed by atoms with van der Waals surface area (Å²) in [4.78, 5) is 2.67.